The molecular weight excluding hydrogens is 354 g/mol. The van der Waals surface area contributed by atoms with Gasteiger partial charge >= 0.3 is 0 Å². The summed E-state index contributed by atoms with van der Waals surface area (Å²) in [6, 6.07) is 13.5. The fraction of sp³-hybridized carbons (Fsp3) is 0.273. The molecule has 0 spiro atoms. The Morgan fingerprint density at radius 3 is 2.64 bits per heavy atom. The number of hydrogen-bond donors (Lipinski definition) is 0. The van der Waals surface area contributed by atoms with E-state index < -0.39 is 0 Å². The third-order valence-electron chi connectivity index (χ3n) is 5.00. The van der Waals surface area contributed by atoms with Gasteiger partial charge in [0.1, 0.15) is 12.1 Å². The lowest BCUT2D eigenvalue weighted by atomic mass is 9.88. The molecule has 1 atom stereocenters. The van der Waals surface area contributed by atoms with Crippen LogP contribution in [-0.2, 0) is 13.5 Å². The molecule has 3 aromatic rings. The average Bonchev–Trinajstić information content (AvgIpc) is 3.33. The van der Waals surface area contributed by atoms with E-state index >= 15 is 0 Å². The lowest BCUT2D eigenvalue weighted by Crippen LogP contribution is -2.09. The van der Waals surface area contributed by atoms with Gasteiger partial charge < -0.3 is 4.74 Å². The van der Waals surface area contributed by atoms with E-state index in [1.165, 1.54) is 0 Å². The van der Waals surface area contributed by atoms with Gasteiger partial charge in [0.2, 0.25) is 0 Å². The molecule has 0 amide bonds. The Bertz CT molecular complexity index is 1040. The number of ether oxygens (including phenoxy) is 1. The van der Waals surface area contributed by atoms with E-state index in [4.69, 9.17) is 4.74 Å². The first-order valence-electron chi connectivity index (χ1n) is 9.33. The first kappa shape index (κ1) is 18.1. The summed E-state index contributed by atoms with van der Waals surface area (Å²) in [7, 11) is 1.76. The predicted molar refractivity (Wildman–Crippen MR) is 104 cm³/mol. The minimum atomic E-state index is -0.113. The summed E-state index contributed by atoms with van der Waals surface area (Å²) in [5.74, 6) is 0.925. The topological polar surface area (TPSA) is 74.1 Å². The second kappa shape index (κ2) is 7.38. The van der Waals surface area contributed by atoms with Crippen LogP contribution in [0.1, 0.15) is 56.9 Å². The average molecular weight is 375 g/mol. The SMILES string of the molecule is CCC(=O)c1cc(C(=O)Cc2ncn(C)n2)cc2c1OCC2c1ccccc1. The number of aryl methyl sites for hydroxylation is 1. The Kier molecular flexibility index (Phi) is 4.77. The number of Topliss-reactive ketones (excluding diaryl/α,β-unsaturated/α-hetero) is 2. The number of rotatable bonds is 6. The maximum absolute atomic E-state index is 12.9. The monoisotopic (exact) mass is 375 g/mol. The zero-order chi connectivity index (χ0) is 19.7. The number of aromatic nitrogens is 3. The highest BCUT2D eigenvalue weighted by Gasteiger charge is 2.31. The normalized spacial score (nSPS) is 15.1. The lowest BCUT2D eigenvalue weighted by molar-refractivity contribution is 0.0985. The van der Waals surface area contributed by atoms with Gasteiger partial charge in [0.25, 0.3) is 0 Å². The van der Waals surface area contributed by atoms with E-state index in [1.807, 2.05) is 43.3 Å². The van der Waals surface area contributed by atoms with Crippen molar-refractivity contribution in [2.24, 2.45) is 7.05 Å². The summed E-state index contributed by atoms with van der Waals surface area (Å²) < 4.78 is 7.48. The highest BCUT2D eigenvalue weighted by Crippen LogP contribution is 2.41. The molecule has 1 aliphatic rings. The van der Waals surface area contributed by atoms with Crippen LogP contribution in [0.25, 0.3) is 0 Å². The van der Waals surface area contributed by atoms with Crippen LogP contribution in [0.3, 0.4) is 0 Å². The zero-order valence-electron chi connectivity index (χ0n) is 15.9. The van der Waals surface area contributed by atoms with Crippen LogP contribution < -0.4 is 4.74 Å². The number of hydrogen-bond acceptors (Lipinski definition) is 5. The second-order valence-corrected chi connectivity index (χ2v) is 6.93. The van der Waals surface area contributed by atoms with E-state index in [9.17, 15) is 9.59 Å². The second-order valence-electron chi connectivity index (χ2n) is 6.93. The van der Waals surface area contributed by atoms with Crippen LogP contribution in [0.2, 0.25) is 0 Å². The number of carbonyl (C=O) groups excluding carboxylic acids is 2. The Morgan fingerprint density at radius 1 is 1.18 bits per heavy atom. The van der Waals surface area contributed by atoms with Crippen molar-refractivity contribution in [3.8, 4) is 5.75 Å². The van der Waals surface area contributed by atoms with Crippen molar-refractivity contribution in [3.05, 3.63) is 76.9 Å². The van der Waals surface area contributed by atoms with Gasteiger partial charge in [-0.15, -0.1) is 0 Å². The van der Waals surface area contributed by atoms with Gasteiger partial charge in [0.15, 0.2) is 17.4 Å². The standard InChI is InChI=1S/C22H21N3O3/c1-3-19(26)17-10-15(20(27)11-21-23-13-25(2)24-21)9-16-18(12-28-22(16)17)14-7-5-4-6-8-14/h4-10,13,18H,3,11-12H2,1-2H3. The van der Waals surface area contributed by atoms with Gasteiger partial charge in [-0.05, 0) is 17.7 Å². The molecule has 0 saturated heterocycles. The Morgan fingerprint density at radius 2 is 1.96 bits per heavy atom. The Balaban J connectivity index is 1.76. The zero-order valence-corrected chi connectivity index (χ0v) is 15.9. The quantitative estimate of drug-likeness (QED) is 0.618. The molecule has 4 rings (SSSR count). The number of ketones is 2. The van der Waals surface area contributed by atoms with Crippen LogP contribution >= 0.6 is 0 Å². The van der Waals surface area contributed by atoms with Crippen LogP contribution in [-0.4, -0.2) is 32.9 Å². The molecule has 6 nitrogen and oxygen atoms in total. The minimum Gasteiger partial charge on any atom is -0.492 e. The molecule has 142 valence electrons. The van der Waals surface area contributed by atoms with Crippen molar-refractivity contribution in [1.29, 1.82) is 0 Å². The van der Waals surface area contributed by atoms with Crippen molar-refractivity contribution < 1.29 is 14.3 Å². The summed E-state index contributed by atoms with van der Waals surface area (Å²) >= 11 is 0. The molecular formula is C22H21N3O3. The maximum atomic E-state index is 12.9. The first-order chi connectivity index (χ1) is 13.6. The predicted octanol–water partition coefficient (Wildman–Crippen LogP) is 3.36. The number of nitrogens with zero attached hydrogens (tertiary/aromatic N) is 3. The van der Waals surface area contributed by atoms with Gasteiger partial charge in [-0.3, -0.25) is 14.3 Å². The van der Waals surface area contributed by atoms with E-state index in [2.05, 4.69) is 10.1 Å². The molecule has 0 fully saturated rings. The molecule has 2 heterocycles. The van der Waals surface area contributed by atoms with Crippen LogP contribution in [0, 0.1) is 0 Å². The number of fused-ring (bicyclic) bond motifs is 1. The lowest BCUT2D eigenvalue weighted by Gasteiger charge is -2.12. The molecule has 0 saturated carbocycles. The third-order valence-corrected chi connectivity index (χ3v) is 5.00. The largest absolute Gasteiger partial charge is 0.492 e. The smallest absolute Gasteiger partial charge is 0.170 e. The molecule has 2 aromatic carbocycles. The van der Waals surface area contributed by atoms with E-state index in [-0.39, 0.29) is 23.9 Å². The van der Waals surface area contributed by atoms with Crippen molar-refractivity contribution in [2.45, 2.75) is 25.7 Å². The Hall–Kier alpha value is -3.28. The molecule has 28 heavy (non-hydrogen) atoms. The third kappa shape index (κ3) is 3.33. The summed E-state index contributed by atoms with van der Waals surface area (Å²) in [6.07, 6.45) is 2.01. The van der Waals surface area contributed by atoms with Crippen molar-refractivity contribution in [3.63, 3.8) is 0 Å². The van der Waals surface area contributed by atoms with E-state index in [0.29, 0.717) is 35.7 Å². The van der Waals surface area contributed by atoms with Gasteiger partial charge in [0, 0.05) is 30.5 Å². The molecule has 0 aliphatic carbocycles. The van der Waals surface area contributed by atoms with Crippen molar-refractivity contribution in [2.75, 3.05) is 6.61 Å². The summed E-state index contributed by atoms with van der Waals surface area (Å²) in [6.45, 7) is 2.27. The van der Waals surface area contributed by atoms with Crippen LogP contribution in [0.4, 0.5) is 0 Å². The van der Waals surface area contributed by atoms with Crippen molar-refractivity contribution >= 4 is 11.6 Å². The minimum absolute atomic E-state index is 0.000307. The molecule has 0 radical (unpaired) electrons. The van der Waals surface area contributed by atoms with Gasteiger partial charge in [-0.1, -0.05) is 37.3 Å². The molecule has 1 aromatic heterocycles. The molecule has 1 aliphatic heterocycles. The number of benzene rings is 2. The van der Waals surface area contributed by atoms with E-state index in [1.54, 1.807) is 24.1 Å². The fourth-order valence-corrected chi connectivity index (χ4v) is 3.56. The highest BCUT2D eigenvalue weighted by atomic mass is 16.5. The molecule has 0 N–H and O–H groups in total. The molecule has 6 heteroatoms. The highest BCUT2D eigenvalue weighted by molar-refractivity contribution is 6.04. The summed E-state index contributed by atoms with van der Waals surface area (Å²) in [5.41, 5.74) is 2.97. The number of carbonyl (C=O) groups is 2. The van der Waals surface area contributed by atoms with Crippen LogP contribution in [0.15, 0.2) is 48.8 Å². The van der Waals surface area contributed by atoms with Gasteiger partial charge in [-0.2, -0.15) is 5.10 Å². The van der Waals surface area contributed by atoms with Crippen LogP contribution in [0.5, 0.6) is 5.75 Å². The van der Waals surface area contributed by atoms with Gasteiger partial charge in [-0.25, -0.2) is 4.98 Å². The first-order valence-corrected chi connectivity index (χ1v) is 9.33. The van der Waals surface area contributed by atoms with E-state index in [0.717, 1.165) is 11.1 Å². The molecule has 1 unspecified atom stereocenters. The molecule has 0 bridgehead atoms. The maximum Gasteiger partial charge on any atom is 0.170 e. The fourth-order valence-electron chi connectivity index (χ4n) is 3.56. The van der Waals surface area contributed by atoms with Crippen molar-refractivity contribution in [1.82, 2.24) is 14.8 Å². The van der Waals surface area contributed by atoms with Gasteiger partial charge in [0.05, 0.1) is 18.6 Å². The summed E-state index contributed by atoms with van der Waals surface area (Å²) in [4.78, 5) is 29.6. The summed E-state index contributed by atoms with van der Waals surface area (Å²) in [5, 5.41) is 4.18. The Labute approximate surface area is 163 Å².